The quantitative estimate of drug-likeness (QED) is 0.547. The van der Waals surface area contributed by atoms with Gasteiger partial charge in [0.25, 0.3) is 0 Å². The minimum atomic E-state index is -1.32. The van der Waals surface area contributed by atoms with E-state index in [1.54, 1.807) is 0 Å². The molecule has 0 bridgehead atoms. The third-order valence-corrected chi connectivity index (χ3v) is 1.43. The number of rotatable bonds is 6. The van der Waals surface area contributed by atoms with Crippen molar-refractivity contribution in [2.45, 2.75) is 18.9 Å². The summed E-state index contributed by atoms with van der Waals surface area (Å²) in [5, 5.41) is 18.9. The van der Waals surface area contributed by atoms with E-state index in [0.29, 0.717) is 0 Å². The van der Waals surface area contributed by atoms with Crippen molar-refractivity contribution in [2.75, 3.05) is 0 Å². The molecule has 84 valence electrons. The first-order chi connectivity index (χ1) is 6.97. The Hall–Kier alpha value is -2.05. The highest BCUT2D eigenvalue weighted by Crippen LogP contribution is 1.98. The summed E-state index contributed by atoms with van der Waals surface area (Å²) in [4.78, 5) is 31.5. The van der Waals surface area contributed by atoms with Gasteiger partial charge in [-0.25, -0.2) is 9.59 Å². The van der Waals surface area contributed by atoms with Crippen molar-refractivity contribution < 1.29 is 29.3 Å². The summed E-state index contributed by atoms with van der Waals surface area (Å²) in [5.41, 5.74) is 0. The Morgan fingerprint density at radius 3 is 2.40 bits per heavy atom. The summed E-state index contributed by atoms with van der Waals surface area (Å²) in [6, 6.07) is -1.28. The predicted octanol–water partition coefficient (Wildman–Crippen LogP) is 0.174. The molecule has 0 rings (SSSR count). The van der Waals surface area contributed by atoms with Crippen LogP contribution in [-0.4, -0.2) is 34.3 Å². The maximum atomic E-state index is 10.8. The number of amides is 1. The summed E-state index contributed by atoms with van der Waals surface area (Å²) in [7, 11) is 0. The standard InChI is InChI=1S/C8H11NO6/c1-2-15-8(14)9-5(7(12)13)3-4-6(10)11/h2,5H,1,3-4H2,(H,9,14)(H,10,11)(H,12,13). The van der Waals surface area contributed by atoms with Gasteiger partial charge >= 0.3 is 18.0 Å². The maximum Gasteiger partial charge on any atom is 0.412 e. The molecule has 0 spiro atoms. The monoisotopic (exact) mass is 217 g/mol. The molecule has 0 radical (unpaired) electrons. The smallest absolute Gasteiger partial charge is 0.412 e. The van der Waals surface area contributed by atoms with Crippen LogP contribution in [0.3, 0.4) is 0 Å². The Morgan fingerprint density at radius 2 is 2.00 bits per heavy atom. The molecule has 0 aliphatic carbocycles. The number of nitrogens with one attached hydrogen (secondary N) is 1. The van der Waals surface area contributed by atoms with E-state index in [-0.39, 0.29) is 12.8 Å². The average Bonchev–Trinajstić information content (AvgIpc) is 2.11. The van der Waals surface area contributed by atoms with Crippen LogP contribution in [0, 0.1) is 0 Å². The average molecular weight is 217 g/mol. The van der Waals surface area contributed by atoms with Gasteiger partial charge in [-0.15, -0.1) is 0 Å². The summed E-state index contributed by atoms with van der Waals surface area (Å²) in [6.45, 7) is 3.10. The number of hydrogen-bond acceptors (Lipinski definition) is 4. The van der Waals surface area contributed by atoms with Gasteiger partial charge in [0.05, 0.1) is 6.26 Å². The van der Waals surface area contributed by atoms with E-state index >= 15 is 0 Å². The van der Waals surface area contributed by atoms with Crippen LogP contribution in [0.25, 0.3) is 0 Å². The first kappa shape index (κ1) is 12.9. The molecule has 0 aromatic carbocycles. The lowest BCUT2D eigenvalue weighted by atomic mass is 10.1. The van der Waals surface area contributed by atoms with E-state index in [1.807, 2.05) is 5.32 Å². The molecule has 3 N–H and O–H groups in total. The molecule has 0 aliphatic heterocycles. The molecule has 0 heterocycles. The second-order valence-electron chi connectivity index (χ2n) is 2.54. The first-order valence-electron chi connectivity index (χ1n) is 4.00. The highest BCUT2D eigenvalue weighted by Gasteiger charge is 2.21. The molecule has 1 atom stereocenters. The van der Waals surface area contributed by atoms with Crippen LogP contribution in [0.4, 0.5) is 4.79 Å². The van der Waals surface area contributed by atoms with Gasteiger partial charge in [0.1, 0.15) is 6.04 Å². The second kappa shape index (κ2) is 6.41. The van der Waals surface area contributed by atoms with Crippen molar-refractivity contribution in [2.24, 2.45) is 0 Å². The lowest BCUT2D eigenvalue weighted by Gasteiger charge is -2.11. The van der Waals surface area contributed by atoms with Crippen molar-refractivity contribution in [3.05, 3.63) is 12.8 Å². The molecule has 7 heteroatoms. The topological polar surface area (TPSA) is 113 Å². The summed E-state index contributed by atoms with van der Waals surface area (Å²) < 4.78 is 4.23. The normalized spacial score (nSPS) is 11.2. The molecule has 0 saturated carbocycles. The predicted molar refractivity (Wildman–Crippen MR) is 48.1 cm³/mol. The summed E-state index contributed by atoms with van der Waals surface area (Å²) >= 11 is 0. The zero-order valence-corrected chi connectivity index (χ0v) is 7.80. The summed E-state index contributed by atoms with van der Waals surface area (Å²) in [5.74, 6) is -2.46. The number of hydrogen-bond donors (Lipinski definition) is 3. The van der Waals surface area contributed by atoms with E-state index in [4.69, 9.17) is 10.2 Å². The van der Waals surface area contributed by atoms with Crippen LogP contribution in [0.1, 0.15) is 12.8 Å². The zero-order chi connectivity index (χ0) is 11.8. The van der Waals surface area contributed by atoms with Gasteiger partial charge in [-0.3, -0.25) is 4.79 Å². The Kier molecular flexibility index (Phi) is 5.53. The molecule has 0 aromatic rings. The minimum Gasteiger partial charge on any atom is -0.481 e. The number of alkyl carbamates (subject to hydrolysis) is 1. The van der Waals surface area contributed by atoms with Gasteiger partial charge < -0.3 is 20.3 Å². The minimum absolute atomic E-state index is 0.211. The Morgan fingerprint density at radius 1 is 1.40 bits per heavy atom. The highest BCUT2D eigenvalue weighted by atomic mass is 16.5. The van der Waals surface area contributed by atoms with Crippen molar-refractivity contribution >= 4 is 18.0 Å². The van der Waals surface area contributed by atoms with Gasteiger partial charge in [-0.2, -0.15) is 0 Å². The number of carbonyl (C=O) groups excluding carboxylic acids is 1. The van der Waals surface area contributed by atoms with E-state index in [1.165, 1.54) is 0 Å². The van der Waals surface area contributed by atoms with E-state index in [0.717, 1.165) is 6.26 Å². The van der Waals surface area contributed by atoms with Gasteiger partial charge in [0, 0.05) is 6.42 Å². The van der Waals surface area contributed by atoms with E-state index in [9.17, 15) is 14.4 Å². The van der Waals surface area contributed by atoms with Crippen LogP contribution in [0.2, 0.25) is 0 Å². The molecule has 7 nitrogen and oxygen atoms in total. The lowest BCUT2D eigenvalue weighted by molar-refractivity contribution is -0.140. The molecular formula is C8H11NO6. The highest BCUT2D eigenvalue weighted by molar-refractivity contribution is 5.80. The van der Waals surface area contributed by atoms with Gasteiger partial charge in [-0.05, 0) is 6.42 Å². The fraction of sp³-hybridized carbons (Fsp3) is 0.375. The zero-order valence-electron chi connectivity index (χ0n) is 7.80. The SMILES string of the molecule is C=COC(=O)NC(CCC(=O)O)C(=O)O. The Balaban J connectivity index is 4.15. The van der Waals surface area contributed by atoms with Gasteiger partial charge in [0.15, 0.2) is 0 Å². The molecule has 15 heavy (non-hydrogen) atoms. The second-order valence-corrected chi connectivity index (χ2v) is 2.54. The third kappa shape index (κ3) is 6.08. The number of carboxylic acids is 2. The van der Waals surface area contributed by atoms with Crippen LogP contribution < -0.4 is 5.32 Å². The maximum absolute atomic E-state index is 10.8. The largest absolute Gasteiger partial charge is 0.481 e. The third-order valence-electron chi connectivity index (χ3n) is 1.43. The van der Waals surface area contributed by atoms with Crippen molar-refractivity contribution in [1.29, 1.82) is 0 Å². The molecule has 0 aromatic heterocycles. The van der Waals surface area contributed by atoms with Crippen LogP contribution in [-0.2, 0) is 14.3 Å². The molecule has 0 fully saturated rings. The molecule has 1 amide bonds. The van der Waals surface area contributed by atoms with E-state index in [2.05, 4.69) is 11.3 Å². The van der Waals surface area contributed by atoms with Gasteiger partial charge in [0.2, 0.25) is 0 Å². The van der Waals surface area contributed by atoms with E-state index < -0.39 is 24.1 Å². The first-order valence-corrected chi connectivity index (χ1v) is 4.00. The molecule has 1 unspecified atom stereocenters. The molecule has 0 saturated heterocycles. The van der Waals surface area contributed by atoms with Crippen LogP contribution >= 0.6 is 0 Å². The summed E-state index contributed by atoms with van der Waals surface area (Å²) in [6.07, 6.45) is -0.712. The van der Waals surface area contributed by atoms with Crippen LogP contribution in [0.5, 0.6) is 0 Å². The molecular weight excluding hydrogens is 206 g/mol. The van der Waals surface area contributed by atoms with Crippen molar-refractivity contribution in [3.8, 4) is 0 Å². The number of aliphatic carboxylic acids is 2. The number of carbonyl (C=O) groups is 3. The number of ether oxygens (including phenoxy) is 1. The Bertz CT molecular complexity index is 274. The Labute approximate surface area is 85.3 Å². The van der Waals surface area contributed by atoms with Crippen molar-refractivity contribution in [1.82, 2.24) is 5.32 Å². The van der Waals surface area contributed by atoms with Gasteiger partial charge in [-0.1, -0.05) is 6.58 Å². The lowest BCUT2D eigenvalue weighted by Crippen LogP contribution is -2.40. The fourth-order valence-corrected chi connectivity index (χ4v) is 0.777. The fourth-order valence-electron chi connectivity index (χ4n) is 0.777. The number of carboxylic acid groups (broad SMARTS) is 2. The van der Waals surface area contributed by atoms with Crippen LogP contribution in [0.15, 0.2) is 12.8 Å². The van der Waals surface area contributed by atoms with Crippen molar-refractivity contribution in [3.63, 3.8) is 0 Å². The molecule has 0 aliphatic rings.